The number of anilines is 2. The molecule has 7 heteroatoms. The summed E-state index contributed by atoms with van der Waals surface area (Å²) >= 11 is 0. The van der Waals surface area contributed by atoms with Crippen molar-refractivity contribution in [3.05, 3.63) is 53.2 Å². The summed E-state index contributed by atoms with van der Waals surface area (Å²) in [6, 6.07) is 10.7. The Balaban J connectivity index is 2.07. The number of carbonyl (C=O) groups is 2. The predicted molar refractivity (Wildman–Crippen MR) is 136 cm³/mol. The van der Waals surface area contributed by atoms with Gasteiger partial charge in [-0.2, -0.15) is 0 Å². The van der Waals surface area contributed by atoms with Gasteiger partial charge in [-0.25, -0.2) is 0 Å². The highest BCUT2D eigenvalue weighted by molar-refractivity contribution is 6.06. The SMILES string of the molecule is COc1cc([C@H]2C3=C(CC(C)(C)CC3=O)Nc3ccccc3N2C(=O)C(C)C)cc(OC)c1OC. The number of methoxy groups -OCH3 is 3. The molecule has 0 aromatic heterocycles. The number of para-hydroxylation sites is 2. The molecule has 0 spiro atoms. The summed E-state index contributed by atoms with van der Waals surface area (Å²) < 4.78 is 16.8. The van der Waals surface area contributed by atoms with Crippen molar-refractivity contribution in [2.45, 2.75) is 46.6 Å². The van der Waals surface area contributed by atoms with Crippen molar-refractivity contribution in [2.75, 3.05) is 31.5 Å². The lowest BCUT2D eigenvalue weighted by Crippen LogP contribution is -2.41. The number of nitrogens with one attached hydrogen (secondary N) is 1. The topological polar surface area (TPSA) is 77.1 Å². The number of rotatable bonds is 5. The molecule has 1 atom stereocenters. The lowest BCUT2D eigenvalue weighted by Gasteiger charge is -2.38. The van der Waals surface area contributed by atoms with E-state index in [9.17, 15) is 9.59 Å². The van der Waals surface area contributed by atoms with Crippen LogP contribution < -0.4 is 24.4 Å². The monoisotopic (exact) mass is 478 g/mol. The molecule has 1 aliphatic heterocycles. The first-order chi connectivity index (χ1) is 16.6. The number of benzene rings is 2. The quantitative estimate of drug-likeness (QED) is 0.611. The Labute approximate surface area is 207 Å². The number of Topliss-reactive ketones (excluding diaryl/α,β-unsaturated/α-hetero) is 1. The summed E-state index contributed by atoms with van der Waals surface area (Å²) in [6.07, 6.45) is 1.08. The molecule has 2 aromatic carbocycles. The minimum atomic E-state index is -0.659. The second-order valence-electron chi connectivity index (χ2n) is 10.2. The summed E-state index contributed by atoms with van der Waals surface area (Å²) in [7, 11) is 4.66. The van der Waals surface area contributed by atoms with E-state index in [0.29, 0.717) is 41.2 Å². The van der Waals surface area contributed by atoms with Gasteiger partial charge in [0.2, 0.25) is 11.7 Å². The molecule has 0 saturated heterocycles. The molecule has 4 rings (SSSR count). The molecule has 35 heavy (non-hydrogen) atoms. The molecule has 186 valence electrons. The number of amides is 1. The largest absolute Gasteiger partial charge is 0.493 e. The number of hydrogen-bond donors (Lipinski definition) is 1. The van der Waals surface area contributed by atoms with E-state index in [0.717, 1.165) is 17.1 Å². The lowest BCUT2D eigenvalue weighted by atomic mass is 9.73. The highest BCUT2D eigenvalue weighted by Gasteiger charge is 2.44. The van der Waals surface area contributed by atoms with Gasteiger partial charge in [0.25, 0.3) is 0 Å². The molecule has 0 fully saturated rings. The van der Waals surface area contributed by atoms with E-state index < -0.39 is 6.04 Å². The maximum absolute atomic E-state index is 13.8. The van der Waals surface area contributed by atoms with Gasteiger partial charge in [-0.05, 0) is 41.7 Å². The molecule has 2 aromatic rings. The fraction of sp³-hybridized carbons (Fsp3) is 0.429. The van der Waals surface area contributed by atoms with Crippen LogP contribution in [0.2, 0.25) is 0 Å². The summed E-state index contributed by atoms with van der Waals surface area (Å²) in [5.41, 5.74) is 3.49. The summed E-state index contributed by atoms with van der Waals surface area (Å²) in [5, 5.41) is 3.53. The van der Waals surface area contributed by atoms with Crippen molar-refractivity contribution in [2.24, 2.45) is 11.3 Å². The van der Waals surface area contributed by atoms with Crippen LogP contribution in [-0.4, -0.2) is 33.0 Å². The van der Waals surface area contributed by atoms with E-state index >= 15 is 0 Å². The predicted octanol–water partition coefficient (Wildman–Crippen LogP) is 5.51. The molecule has 0 radical (unpaired) electrons. The second-order valence-corrected chi connectivity index (χ2v) is 10.2. The third-order valence-corrected chi connectivity index (χ3v) is 6.63. The molecule has 0 saturated carbocycles. The van der Waals surface area contributed by atoms with E-state index in [1.807, 2.05) is 50.2 Å². The zero-order valence-electron chi connectivity index (χ0n) is 21.5. The molecule has 1 amide bonds. The first-order valence-corrected chi connectivity index (χ1v) is 11.9. The highest BCUT2D eigenvalue weighted by atomic mass is 16.5. The first-order valence-electron chi connectivity index (χ1n) is 11.9. The molecular formula is C28H34N2O5. The van der Waals surface area contributed by atoms with E-state index in [1.54, 1.807) is 26.2 Å². The fourth-order valence-corrected chi connectivity index (χ4v) is 5.08. The summed E-state index contributed by atoms with van der Waals surface area (Å²) in [4.78, 5) is 29.3. The van der Waals surface area contributed by atoms with E-state index in [4.69, 9.17) is 14.2 Å². The van der Waals surface area contributed by atoms with Gasteiger partial charge in [-0.1, -0.05) is 39.8 Å². The van der Waals surface area contributed by atoms with Crippen LogP contribution in [0.4, 0.5) is 11.4 Å². The number of allylic oxidation sites excluding steroid dienone is 1. The Kier molecular flexibility index (Phi) is 6.54. The highest BCUT2D eigenvalue weighted by Crippen LogP contribution is 2.50. The molecule has 0 bridgehead atoms. The summed E-state index contributed by atoms with van der Waals surface area (Å²) in [5.74, 6) is 1.05. The Hall–Kier alpha value is -3.48. The van der Waals surface area contributed by atoms with Crippen molar-refractivity contribution in [3.63, 3.8) is 0 Å². The van der Waals surface area contributed by atoms with Crippen LogP contribution >= 0.6 is 0 Å². The molecule has 1 heterocycles. The van der Waals surface area contributed by atoms with Crippen LogP contribution in [-0.2, 0) is 9.59 Å². The molecular weight excluding hydrogens is 444 g/mol. The van der Waals surface area contributed by atoms with E-state index in [-0.39, 0.29) is 23.0 Å². The number of ether oxygens (including phenoxy) is 3. The van der Waals surface area contributed by atoms with Crippen molar-refractivity contribution in [1.82, 2.24) is 0 Å². The molecule has 7 nitrogen and oxygen atoms in total. The second kappa shape index (κ2) is 9.29. The van der Waals surface area contributed by atoms with Gasteiger partial charge in [0.15, 0.2) is 17.3 Å². The van der Waals surface area contributed by atoms with Crippen LogP contribution in [0.3, 0.4) is 0 Å². The van der Waals surface area contributed by atoms with Crippen LogP contribution in [0.5, 0.6) is 17.2 Å². The third-order valence-electron chi connectivity index (χ3n) is 6.63. The normalized spacial score (nSPS) is 18.9. The number of fused-ring (bicyclic) bond motifs is 1. The molecule has 0 unspecified atom stereocenters. The van der Waals surface area contributed by atoms with Gasteiger partial charge in [-0.3, -0.25) is 14.5 Å². The number of hydrogen-bond acceptors (Lipinski definition) is 6. The van der Waals surface area contributed by atoms with Gasteiger partial charge in [0.1, 0.15) is 0 Å². The average molecular weight is 479 g/mol. The number of ketones is 1. The Morgan fingerprint density at radius 2 is 1.66 bits per heavy atom. The number of carbonyl (C=O) groups excluding carboxylic acids is 2. The Bertz CT molecular complexity index is 1170. The maximum Gasteiger partial charge on any atom is 0.230 e. The summed E-state index contributed by atoms with van der Waals surface area (Å²) in [6.45, 7) is 7.94. The molecule has 2 aliphatic rings. The third kappa shape index (κ3) is 4.35. The van der Waals surface area contributed by atoms with Crippen molar-refractivity contribution in [1.29, 1.82) is 0 Å². The number of nitrogens with zero attached hydrogens (tertiary/aromatic N) is 1. The standard InChI is InChI=1S/C28H34N2O5/c1-16(2)27(32)30-20-11-9-8-10-18(20)29-19-14-28(3,4)15-21(31)24(19)25(30)17-12-22(33-5)26(35-7)23(13-17)34-6/h8-13,16,25,29H,14-15H2,1-7H3/t25-/m0/s1. The Morgan fingerprint density at radius 3 is 2.23 bits per heavy atom. The van der Waals surface area contributed by atoms with Crippen molar-refractivity contribution < 1.29 is 23.8 Å². The fourth-order valence-electron chi connectivity index (χ4n) is 5.08. The zero-order chi connectivity index (χ0) is 25.5. The minimum Gasteiger partial charge on any atom is -0.493 e. The van der Waals surface area contributed by atoms with Crippen molar-refractivity contribution in [3.8, 4) is 17.2 Å². The van der Waals surface area contributed by atoms with E-state index in [1.165, 1.54) is 0 Å². The first kappa shape index (κ1) is 24.6. The average Bonchev–Trinajstić information content (AvgIpc) is 2.95. The lowest BCUT2D eigenvalue weighted by molar-refractivity contribution is -0.122. The van der Waals surface area contributed by atoms with E-state index in [2.05, 4.69) is 19.2 Å². The minimum absolute atomic E-state index is 0.0249. The van der Waals surface area contributed by atoms with Crippen LogP contribution in [0.1, 0.15) is 52.1 Å². The van der Waals surface area contributed by atoms with Crippen LogP contribution in [0.25, 0.3) is 0 Å². The zero-order valence-corrected chi connectivity index (χ0v) is 21.5. The Morgan fingerprint density at radius 1 is 1.03 bits per heavy atom. The van der Waals surface area contributed by atoms with Gasteiger partial charge in [0.05, 0.1) is 38.7 Å². The van der Waals surface area contributed by atoms with Crippen molar-refractivity contribution >= 4 is 23.1 Å². The van der Waals surface area contributed by atoms with Crippen LogP contribution in [0, 0.1) is 11.3 Å². The van der Waals surface area contributed by atoms with Gasteiger partial charge in [-0.15, -0.1) is 0 Å². The molecule has 1 N–H and O–H groups in total. The molecule has 1 aliphatic carbocycles. The van der Waals surface area contributed by atoms with Gasteiger partial charge in [0, 0.05) is 23.6 Å². The smallest absolute Gasteiger partial charge is 0.230 e. The van der Waals surface area contributed by atoms with Gasteiger partial charge < -0.3 is 19.5 Å². The van der Waals surface area contributed by atoms with Crippen LogP contribution in [0.15, 0.2) is 47.7 Å². The maximum atomic E-state index is 13.8. The van der Waals surface area contributed by atoms with Gasteiger partial charge >= 0.3 is 0 Å².